The van der Waals surface area contributed by atoms with E-state index < -0.39 is 0 Å². The number of hydrogen-bond acceptors (Lipinski definition) is 6. The predicted molar refractivity (Wildman–Crippen MR) is 135 cm³/mol. The summed E-state index contributed by atoms with van der Waals surface area (Å²) in [6, 6.07) is 9.57. The van der Waals surface area contributed by atoms with Crippen molar-refractivity contribution in [3.05, 3.63) is 55.2 Å². The third-order valence-corrected chi connectivity index (χ3v) is 7.34. The lowest BCUT2D eigenvalue weighted by atomic mass is 9.91. The molecule has 2 atom stereocenters. The third-order valence-electron chi connectivity index (χ3n) is 7.34. The fraction of sp³-hybridized carbons (Fsp3) is 0.423. The fourth-order valence-corrected chi connectivity index (χ4v) is 5.30. The summed E-state index contributed by atoms with van der Waals surface area (Å²) in [7, 11) is 0. The maximum atomic E-state index is 6.35. The van der Waals surface area contributed by atoms with E-state index in [-0.39, 0.29) is 6.04 Å². The van der Waals surface area contributed by atoms with Gasteiger partial charge >= 0.3 is 0 Å². The van der Waals surface area contributed by atoms with Crippen molar-refractivity contribution in [1.29, 1.82) is 0 Å². The van der Waals surface area contributed by atoms with Crippen LogP contribution in [0.15, 0.2) is 55.2 Å². The minimum absolute atomic E-state index is 0.214. The van der Waals surface area contributed by atoms with Crippen LogP contribution in [0.1, 0.15) is 44.6 Å². The second-order valence-corrected chi connectivity index (χ2v) is 9.62. The summed E-state index contributed by atoms with van der Waals surface area (Å²) in [5, 5.41) is 12.8. The van der Waals surface area contributed by atoms with Crippen molar-refractivity contribution in [3.8, 4) is 17.1 Å². The number of rotatable bonds is 5. The van der Waals surface area contributed by atoms with E-state index in [0.29, 0.717) is 18.0 Å². The maximum absolute atomic E-state index is 6.35. The number of nitrogens with zero attached hydrogens (tertiary/aromatic N) is 5. The van der Waals surface area contributed by atoms with Crippen LogP contribution < -0.4 is 16.4 Å². The van der Waals surface area contributed by atoms with Gasteiger partial charge in [-0.1, -0.05) is 18.9 Å². The zero-order valence-electron chi connectivity index (χ0n) is 19.4. The minimum atomic E-state index is 0.214. The number of piperidine rings is 1. The molecule has 4 N–H and O–H groups in total. The van der Waals surface area contributed by atoms with Gasteiger partial charge in [-0.25, -0.2) is 9.97 Å². The largest absolute Gasteiger partial charge is 0.381 e. The lowest BCUT2D eigenvalue weighted by Gasteiger charge is -2.30. The van der Waals surface area contributed by atoms with Gasteiger partial charge in [-0.3, -0.25) is 9.25 Å². The van der Waals surface area contributed by atoms with Crippen LogP contribution in [0.3, 0.4) is 0 Å². The van der Waals surface area contributed by atoms with Crippen LogP contribution in [0.2, 0.25) is 0 Å². The number of benzene rings is 1. The zero-order valence-corrected chi connectivity index (χ0v) is 19.4. The number of aromatic nitrogens is 5. The lowest BCUT2D eigenvalue weighted by molar-refractivity contribution is 0.343. The number of nitrogens with one attached hydrogen (secondary N) is 2. The van der Waals surface area contributed by atoms with Gasteiger partial charge in [0.05, 0.1) is 17.8 Å². The van der Waals surface area contributed by atoms with E-state index in [1.807, 2.05) is 29.4 Å². The van der Waals surface area contributed by atoms with Crippen LogP contribution in [0, 0.1) is 0 Å². The highest BCUT2D eigenvalue weighted by molar-refractivity contribution is 5.85. The van der Waals surface area contributed by atoms with Crippen molar-refractivity contribution in [2.24, 2.45) is 5.73 Å². The molecule has 1 aromatic carbocycles. The van der Waals surface area contributed by atoms with Gasteiger partial charge in [0.25, 0.3) is 0 Å². The van der Waals surface area contributed by atoms with E-state index in [9.17, 15) is 0 Å². The lowest BCUT2D eigenvalue weighted by Crippen LogP contribution is -2.42. The Bertz CT molecular complexity index is 1250. The number of hydrogen-bond donors (Lipinski definition) is 3. The second kappa shape index (κ2) is 9.19. The molecule has 0 bridgehead atoms. The molecule has 34 heavy (non-hydrogen) atoms. The summed E-state index contributed by atoms with van der Waals surface area (Å²) in [4.78, 5) is 9.38. The summed E-state index contributed by atoms with van der Waals surface area (Å²) >= 11 is 0. The highest BCUT2D eigenvalue weighted by Crippen LogP contribution is 2.27. The van der Waals surface area contributed by atoms with Crippen LogP contribution >= 0.6 is 0 Å². The van der Waals surface area contributed by atoms with E-state index in [4.69, 9.17) is 15.7 Å². The molecule has 2 fully saturated rings. The average molecular weight is 457 g/mol. The first-order chi connectivity index (χ1) is 16.7. The van der Waals surface area contributed by atoms with E-state index >= 15 is 0 Å². The van der Waals surface area contributed by atoms with Crippen LogP contribution in [0.25, 0.3) is 28.0 Å². The molecule has 4 heterocycles. The number of fused-ring (bicyclic) bond motifs is 1. The summed E-state index contributed by atoms with van der Waals surface area (Å²) in [5.74, 6) is 0.663. The Hall–Kier alpha value is -3.23. The topological polar surface area (TPSA) is 98.6 Å². The molecule has 6 rings (SSSR count). The Kier molecular flexibility index (Phi) is 5.76. The Labute approximate surface area is 199 Å². The van der Waals surface area contributed by atoms with E-state index in [1.165, 1.54) is 12.8 Å². The SMILES string of the molecule is NC1CCCCC1Nc1ccc2ccn(-c3ncc(-c4cnn(C5CCNCC5)c4)cn3)c2c1. The average Bonchev–Trinajstić information content (AvgIpc) is 3.54. The van der Waals surface area contributed by atoms with E-state index in [2.05, 4.69) is 50.9 Å². The molecule has 3 aromatic heterocycles. The van der Waals surface area contributed by atoms with Crippen LogP contribution in [0.4, 0.5) is 5.69 Å². The van der Waals surface area contributed by atoms with Crippen molar-refractivity contribution in [2.75, 3.05) is 18.4 Å². The van der Waals surface area contributed by atoms with Gasteiger partial charge in [-0.2, -0.15) is 5.10 Å². The third kappa shape index (κ3) is 4.19. The highest BCUT2D eigenvalue weighted by Gasteiger charge is 2.22. The molecule has 1 saturated carbocycles. The van der Waals surface area contributed by atoms with Crippen molar-refractivity contribution < 1.29 is 0 Å². The molecule has 8 heteroatoms. The number of anilines is 1. The molecular weight excluding hydrogens is 424 g/mol. The molecule has 2 aliphatic rings. The first-order valence-electron chi connectivity index (χ1n) is 12.5. The maximum Gasteiger partial charge on any atom is 0.234 e. The molecule has 1 aliphatic heterocycles. The van der Waals surface area contributed by atoms with E-state index in [0.717, 1.165) is 66.5 Å². The molecule has 1 saturated heterocycles. The molecule has 4 aromatic rings. The van der Waals surface area contributed by atoms with Gasteiger partial charge in [0, 0.05) is 59.1 Å². The predicted octanol–water partition coefficient (Wildman–Crippen LogP) is 3.89. The van der Waals surface area contributed by atoms with Crippen molar-refractivity contribution >= 4 is 16.6 Å². The van der Waals surface area contributed by atoms with Crippen molar-refractivity contribution in [3.63, 3.8) is 0 Å². The van der Waals surface area contributed by atoms with Crippen molar-refractivity contribution in [2.45, 2.75) is 56.7 Å². The molecule has 0 radical (unpaired) electrons. The summed E-state index contributed by atoms with van der Waals surface area (Å²) < 4.78 is 4.14. The van der Waals surface area contributed by atoms with Gasteiger partial charge in [-0.05, 0) is 57.0 Å². The smallest absolute Gasteiger partial charge is 0.234 e. The summed E-state index contributed by atoms with van der Waals surface area (Å²) in [6.45, 7) is 2.10. The molecule has 2 unspecified atom stereocenters. The Morgan fingerprint density at radius 1 is 0.941 bits per heavy atom. The molecular formula is C26H32N8. The Morgan fingerprint density at radius 3 is 2.59 bits per heavy atom. The van der Waals surface area contributed by atoms with Crippen LogP contribution in [-0.4, -0.2) is 49.5 Å². The summed E-state index contributed by atoms with van der Waals surface area (Å²) in [6.07, 6.45) is 16.8. The standard InChI is InChI=1S/C26H32N8/c27-23-3-1-2-4-24(23)32-21-6-5-18-9-12-33(25(18)13-21)26-29-14-19(15-30-26)20-16-31-34(17-20)22-7-10-28-11-8-22/h5-6,9,12-17,22-24,28,32H,1-4,7-8,10-11,27H2. The van der Waals surface area contributed by atoms with Gasteiger partial charge in [-0.15, -0.1) is 0 Å². The zero-order chi connectivity index (χ0) is 22.9. The molecule has 0 amide bonds. The fourth-order valence-electron chi connectivity index (χ4n) is 5.30. The highest BCUT2D eigenvalue weighted by atomic mass is 15.3. The first kappa shape index (κ1) is 21.3. The van der Waals surface area contributed by atoms with Gasteiger partial charge < -0.3 is 16.4 Å². The van der Waals surface area contributed by atoms with Gasteiger partial charge in [0.1, 0.15) is 0 Å². The van der Waals surface area contributed by atoms with Crippen LogP contribution in [0.5, 0.6) is 0 Å². The molecule has 1 aliphatic carbocycles. The second-order valence-electron chi connectivity index (χ2n) is 9.62. The molecule has 8 nitrogen and oxygen atoms in total. The van der Waals surface area contributed by atoms with Gasteiger partial charge in [0.15, 0.2) is 0 Å². The normalized spacial score (nSPS) is 21.7. The monoisotopic (exact) mass is 456 g/mol. The van der Waals surface area contributed by atoms with Crippen LogP contribution in [-0.2, 0) is 0 Å². The molecule has 0 spiro atoms. The molecule has 176 valence electrons. The Morgan fingerprint density at radius 2 is 1.76 bits per heavy atom. The minimum Gasteiger partial charge on any atom is -0.381 e. The summed E-state index contributed by atoms with van der Waals surface area (Å²) in [5.41, 5.74) is 10.6. The first-order valence-corrected chi connectivity index (χ1v) is 12.5. The van der Waals surface area contributed by atoms with Crippen molar-refractivity contribution in [1.82, 2.24) is 29.6 Å². The number of nitrogens with two attached hydrogens (primary N) is 1. The van der Waals surface area contributed by atoms with Gasteiger partial charge in [0.2, 0.25) is 5.95 Å². The Balaban J connectivity index is 1.23. The quantitative estimate of drug-likeness (QED) is 0.421. The van der Waals surface area contributed by atoms with E-state index in [1.54, 1.807) is 0 Å².